The smallest absolute Gasteiger partial charge is 0.321 e. The summed E-state index contributed by atoms with van der Waals surface area (Å²) in [6.07, 6.45) is 5.08. The summed E-state index contributed by atoms with van der Waals surface area (Å²) in [6.45, 7) is 1.05. The van der Waals surface area contributed by atoms with Crippen LogP contribution in [0, 0.1) is 0 Å². The minimum absolute atomic E-state index is 0.0983. The van der Waals surface area contributed by atoms with Crippen molar-refractivity contribution in [2.45, 2.75) is 44.7 Å². The van der Waals surface area contributed by atoms with Crippen LogP contribution in [0.15, 0.2) is 22.7 Å². The second-order valence-electron chi connectivity index (χ2n) is 7.07. The molecule has 1 aromatic carbocycles. The van der Waals surface area contributed by atoms with E-state index in [2.05, 4.69) is 31.5 Å². The molecule has 6 nitrogen and oxygen atoms in total. The van der Waals surface area contributed by atoms with E-state index in [9.17, 15) is 9.59 Å². The normalized spacial score (nSPS) is 16.7. The third kappa shape index (κ3) is 4.34. The lowest BCUT2D eigenvalue weighted by molar-refractivity contribution is 0.0736. The SMILES string of the molecule is O=C(Nc1nc2c(s1)CN(C(=O)c1cc(Br)ccc1Cl)CC2)NC1CCCC1. The number of benzene rings is 1. The highest BCUT2D eigenvalue weighted by atomic mass is 79.9. The van der Waals surface area contributed by atoms with Crippen molar-refractivity contribution in [3.63, 3.8) is 0 Å². The van der Waals surface area contributed by atoms with E-state index in [0.29, 0.717) is 35.2 Å². The fourth-order valence-corrected chi connectivity index (χ4v) is 5.22. The van der Waals surface area contributed by atoms with Crippen LogP contribution >= 0.6 is 38.9 Å². The number of nitrogens with one attached hydrogen (secondary N) is 2. The number of hydrogen-bond acceptors (Lipinski definition) is 4. The second kappa shape index (κ2) is 8.39. The van der Waals surface area contributed by atoms with E-state index in [1.807, 2.05) is 6.07 Å². The molecule has 0 spiro atoms. The Morgan fingerprint density at radius 1 is 1.29 bits per heavy atom. The van der Waals surface area contributed by atoms with Crippen molar-refractivity contribution in [2.24, 2.45) is 0 Å². The first-order valence-corrected chi connectivity index (χ1v) is 11.3. The van der Waals surface area contributed by atoms with E-state index < -0.39 is 0 Å². The lowest BCUT2D eigenvalue weighted by Gasteiger charge is -2.26. The van der Waals surface area contributed by atoms with Crippen molar-refractivity contribution < 1.29 is 9.59 Å². The summed E-state index contributed by atoms with van der Waals surface area (Å²) in [7, 11) is 0. The number of urea groups is 1. The molecule has 2 aromatic rings. The number of halogens is 2. The van der Waals surface area contributed by atoms with Crippen LogP contribution in [0.3, 0.4) is 0 Å². The van der Waals surface area contributed by atoms with Crippen LogP contribution < -0.4 is 10.6 Å². The van der Waals surface area contributed by atoms with Crippen LogP contribution in [0.25, 0.3) is 0 Å². The molecule has 9 heteroatoms. The maximum Gasteiger partial charge on any atom is 0.321 e. The van der Waals surface area contributed by atoms with Crippen LogP contribution in [0.5, 0.6) is 0 Å². The van der Waals surface area contributed by atoms with Crippen molar-refractivity contribution in [3.8, 4) is 0 Å². The Bertz CT molecular complexity index is 913. The molecule has 0 bridgehead atoms. The largest absolute Gasteiger partial charge is 0.335 e. The Labute approximate surface area is 180 Å². The Kier molecular flexibility index (Phi) is 5.89. The van der Waals surface area contributed by atoms with Gasteiger partial charge < -0.3 is 10.2 Å². The number of hydrogen-bond donors (Lipinski definition) is 2. The molecule has 4 rings (SSSR count). The van der Waals surface area contributed by atoms with Gasteiger partial charge in [0.1, 0.15) is 0 Å². The third-order valence-corrected chi connectivity index (χ3v) is 6.91. The number of amides is 3. The lowest BCUT2D eigenvalue weighted by Crippen LogP contribution is -2.36. The molecule has 0 radical (unpaired) electrons. The molecule has 1 saturated carbocycles. The maximum absolute atomic E-state index is 12.9. The number of carbonyl (C=O) groups is 2. The zero-order valence-electron chi connectivity index (χ0n) is 15.1. The summed E-state index contributed by atoms with van der Waals surface area (Å²) >= 11 is 11.0. The molecule has 1 aliphatic heterocycles. The number of rotatable bonds is 3. The second-order valence-corrected chi connectivity index (χ2v) is 9.48. The quantitative estimate of drug-likeness (QED) is 0.657. The monoisotopic (exact) mass is 482 g/mol. The summed E-state index contributed by atoms with van der Waals surface area (Å²) in [4.78, 5) is 32.4. The third-order valence-electron chi connectivity index (χ3n) is 5.09. The van der Waals surface area contributed by atoms with Gasteiger partial charge in [-0.2, -0.15) is 0 Å². The lowest BCUT2D eigenvalue weighted by atomic mass is 10.1. The first kappa shape index (κ1) is 19.7. The van der Waals surface area contributed by atoms with Gasteiger partial charge in [0.15, 0.2) is 5.13 Å². The van der Waals surface area contributed by atoms with Gasteiger partial charge in [0.2, 0.25) is 0 Å². The predicted molar refractivity (Wildman–Crippen MR) is 114 cm³/mol. The molecular formula is C19H20BrClN4O2S. The highest BCUT2D eigenvalue weighted by Gasteiger charge is 2.27. The average molecular weight is 484 g/mol. The van der Waals surface area contributed by atoms with Gasteiger partial charge >= 0.3 is 6.03 Å². The van der Waals surface area contributed by atoms with E-state index >= 15 is 0 Å². The number of thiazole rings is 1. The van der Waals surface area contributed by atoms with Gasteiger partial charge in [0.25, 0.3) is 5.91 Å². The summed E-state index contributed by atoms with van der Waals surface area (Å²) in [5, 5.41) is 6.86. The Hall–Kier alpha value is -1.64. The number of carbonyl (C=O) groups excluding carboxylic acids is 2. The van der Waals surface area contributed by atoms with Crippen molar-refractivity contribution in [1.29, 1.82) is 0 Å². The minimum Gasteiger partial charge on any atom is -0.335 e. The molecule has 1 aromatic heterocycles. The molecule has 2 N–H and O–H groups in total. The highest BCUT2D eigenvalue weighted by molar-refractivity contribution is 9.10. The van der Waals surface area contributed by atoms with Crippen LogP contribution in [0.4, 0.5) is 9.93 Å². The van der Waals surface area contributed by atoms with E-state index in [-0.39, 0.29) is 18.0 Å². The average Bonchev–Trinajstić information content (AvgIpc) is 3.31. The van der Waals surface area contributed by atoms with Crippen LogP contribution in [-0.4, -0.2) is 34.4 Å². The maximum atomic E-state index is 12.9. The molecule has 1 aliphatic carbocycles. The first-order valence-electron chi connectivity index (χ1n) is 9.30. The molecule has 2 heterocycles. The molecule has 0 unspecified atom stereocenters. The van der Waals surface area contributed by atoms with Crippen LogP contribution in [0.1, 0.15) is 46.6 Å². The number of nitrogens with zero attached hydrogens (tertiary/aromatic N) is 2. The molecule has 1 fully saturated rings. The number of aromatic nitrogens is 1. The van der Waals surface area contributed by atoms with Crippen molar-refractivity contribution >= 4 is 55.9 Å². The zero-order chi connectivity index (χ0) is 19.7. The summed E-state index contributed by atoms with van der Waals surface area (Å²) < 4.78 is 0.815. The Morgan fingerprint density at radius 3 is 2.86 bits per heavy atom. The molecule has 148 valence electrons. The number of anilines is 1. The zero-order valence-corrected chi connectivity index (χ0v) is 18.3. The molecule has 3 amide bonds. The predicted octanol–water partition coefficient (Wildman–Crippen LogP) is 4.82. The van der Waals surface area contributed by atoms with Crippen molar-refractivity contribution in [3.05, 3.63) is 43.8 Å². The summed E-state index contributed by atoms with van der Waals surface area (Å²) in [5.41, 5.74) is 1.43. The van der Waals surface area contributed by atoms with Gasteiger partial charge in [0, 0.05) is 28.4 Å². The van der Waals surface area contributed by atoms with E-state index in [1.54, 1.807) is 17.0 Å². The molecule has 0 saturated heterocycles. The minimum atomic E-state index is -0.202. The number of fused-ring (bicyclic) bond motifs is 1. The van der Waals surface area contributed by atoms with Gasteiger partial charge in [-0.3, -0.25) is 10.1 Å². The summed E-state index contributed by atoms with van der Waals surface area (Å²) in [5.74, 6) is -0.0983. The van der Waals surface area contributed by atoms with E-state index in [0.717, 1.165) is 27.9 Å². The van der Waals surface area contributed by atoms with Crippen molar-refractivity contribution in [2.75, 3.05) is 11.9 Å². The molecule has 0 atom stereocenters. The van der Waals surface area contributed by atoms with Crippen LogP contribution in [0.2, 0.25) is 5.02 Å². The first-order chi connectivity index (χ1) is 13.5. The van der Waals surface area contributed by atoms with Crippen LogP contribution in [-0.2, 0) is 13.0 Å². The molecule has 28 heavy (non-hydrogen) atoms. The van der Waals surface area contributed by atoms with E-state index in [1.165, 1.54) is 24.2 Å². The Morgan fingerprint density at radius 2 is 2.07 bits per heavy atom. The van der Waals surface area contributed by atoms with Gasteiger partial charge in [0.05, 0.1) is 22.8 Å². The van der Waals surface area contributed by atoms with Gasteiger partial charge in [-0.25, -0.2) is 9.78 Å². The van der Waals surface area contributed by atoms with Gasteiger partial charge in [-0.05, 0) is 31.0 Å². The fourth-order valence-electron chi connectivity index (χ4n) is 3.64. The summed E-state index contributed by atoms with van der Waals surface area (Å²) in [6, 6.07) is 5.33. The topological polar surface area (TPSA) is 74.3 Å². The standard InChI is InChI=1S/C19H20BrClN4O2S/c20-11-5-6-14(21)13(9-11)17(26)25-8-7-15-16(10-25)28-19(23-15)24-18(27)22-12-3-1-2-4-12/h5-6,9,12H,1-4,7-8,10H2,(H2,22,23,24,27). The molecule has 2 aliphatic rings. The molecular weight excluding hydrogens is 464 g/mol. The highest BCUT2D eigenvalue weighted by Crippen LogP contribution is 2.30. The Balaban J connectivity index is 1.42. The fraction of sp³-hybridized carbons (Fsp3) is 0.421. The van der Waals surface area contributed by atoms with Crippen molar-refractivity contribution in [1.82, 2.24) is 15.2 Å². The van der Waals surface area contributed by atoms with Gasteiger partial charge in [-0.15, -0.1) is 0 Å². The van der Waals surface area contributed by atoms with E-state index in [4.69, 9.17) is 11.6 Å². The van der Waals surface area contributed by atoms with Gasteiger partial charge in [-0.1, -0.05) is 51.7 Å².